The van der Waals surface area contributed by atoms with Gasteiger partial charge in [0.15, 0.2) is 0 Å². The molecule has 0 atom stereocenters. The first-order valence-corrected chi connectivity index (χ1v) is 6.61. The van der Waals surface area contributed by atoms with Crippen molar-refractivity contribution in [1.82, 2.24) is 0 Å². The van der Waals surface area contributed by atoms with Crippen LogP contribution < -0.4 is 10.5 Å². The number of nitrogens with two attached hydrogens (primary N) is 1. The number of halogens is 1. The number of hydrogen-bond acceptors (Lipinski definition) is 2. The first-order valence-electron chi connectivity index (χ1n) is 5.81. The van der Waals surface area contributed by atoms with Crippen molar-refractivity contribution in [2.45, 2.75) is 20.5 Å². The van der Waals surface area contributed by atoms with Crippen LogP contribution in [-0.4, -0.2) is 0 Å². The Morgan fingerprint density at radius 3 is 2.61 bits per heavy atom. The maximum absolute atomic E-state index is 5.85. The van der Waals surface area contributed by atoms with E-state index in [0.717, 1.165) is 21.5 Å². The zero-order chi connectivity index (χ0) is 13.1. The molecule has 0 fully saturated rings. The van der Waals surface area contributed by atoms with Crippen molar-refractivity contribution in [3.05, 3.63) is 57.6 Å². The third-order valence-electron chi connectivity index (χ3n) is 3.05. The lowest BCUT2D eigenvalue weighted by molar-refractivity contribution is 0.303. The Kier molecular flexibility index (Phi) is 3.92. The van der Waals surface area contributed by atoms with Crippen molar-refractivity contribution in [2.24, 2.45) is 0 Å². The van der Waals surface area contributed by atoms with Gasteiger partial charge in [0, 0.05) is 15.7 Å². The van der Waals surface area contributed by atoms with Crippen LogP contribution in [0.1, 0.15) is 16.7 Å². The second kappa shape index (κ2) is 5.44. The summed E-state index contributed by atoms with van der Waals surface area (Å²) in [5.41, 5.74) is 10.0. The number of aryl methyl sites for hydroxylation is 1. The van der Waals surface area contributed by atoms with Crippen LogP contribution in [0.25, 0.3) is 0 Å². The number of ether oxygens (including phenoxy) is 1. The van der Waals surface area contributed by atoms with Crippen LogP contribution >= 0.6 is 15.9 Å². The molecule has 0 saturated carbocycles. The summed E-state index contributed by atoms with van der Waals surface area (Å²) in [6.07, 6.45) is 0. The van der Waals surface area contributed by atoms with Gasteiger partial charge in [0.2, 0.25) is 0 Å². The highest BCUT2D eigenvalue weighted by atomic mass is 79.9. The van der Waals surface area contributed by atoms with Crippen LogP contribution in [0.15, 0.2) is 40.9 Å². The van der Waals surface area contributed by atoms with E-state index in [4.69, 9.17) is 10.5 Å². The van der Waals surface area contributed by atoms with Gasteiger partial charge in [-0.3, -0.25) is 0 Å². The Labute approximate surface area is 116 Å². The maximum Gasteiger partial charge on any atom is 0.122 e. The largest absolute Gasteiger partial charge is 0.489 e. The highest BCUT2D eigenvalue weighted by molar-refractivity contribution is 9.10. The van der Waals surface area contributed by atoms with Gasteiger partial charge in [-0.1, -0.05) is 24.3 Å². The predicted molar refractivity (Wildman–Crippen MR) is 78.8 cm³/mol. The Morgan fingerprint density at radius 2 is 1.83 bits per heavy atom. The zero-order valence-corrected chi connectivity index (χ0v) is 12.1. The van der Waals surface area contributed by atoms with Crippen LogP contribution in [-0.2, 0) is 6.61 Å². The molecule has 0 saturated heterocycles. The van der Waals surface area contributed by atoms with Gasteiger partial charge in [0.25, 0.3) is 0 Å². The molecule has 0 aliphatic rings. The van der Waals surface area contributed by atoms with E-state index in [1.807, 2.05) is 30.3 Å². The summed E-state index contributed by atoms with van der Waals surface area (Å²) in [4.78, 5) is 0. The minimum atomic E-state index is 0.510. The highest BCUT2D eigenvalue weighted by Crippen LogP contribution is 2.26. The number of nitrogen functional groups attached to an aromatic ring is 1. The third kappa shape index (κ3) is 2.67. The van der Waals surface area contributed by atoms with E-state index in [-0.39, 0.29) is 0 Å². The van der Waals surface area contributed by atoms with E-state index in [0.29, 0.717) is 6.61 Å². The van der Waals surface area contributed by atoms with Gasteiger partial charge in [0.05, 0.1) is 0 Å². The van der Waals surface area contributed by atoms with Crippen molar-refractivity contribution >= 4 is 21.6 Å². The summed E-state index contributed by atoms with van der Waals surface area (Å²) in [5, 5.41) is 0. The van der Waals surface area contributed by atoms with Gasteiger partial charge in [0.1, 0.15) is 12.4 Å². The van der Waals surface area contributed by atoms with Gasteiger partial charge >= 0.3 is 0 Å². The molecule has 0 spiro atoms. The number of hydrogen-bond donors (Lipinski definition) is 1. The maximum atomic E-state index is 5.85. The summed E-state index contributed by atoms with van der Waals surface area (Å²) >= 11 is 3.48. The normalized spacial score (nSPS) is 10.4. The van der Waals surface area contributed by atoms with Gasteiger partial charge < -0.3 is 10.5 Å². The molecule has 94 valence electrons. The Hall–Kier alpha value is -1.48. The van der Waals surface area contributed by atoms with E-state index in [9.17, 15) is 0 Å². The van der Waals surface area contributed by atoms with Crippen molar-refractivity contribution in [1.29, 1.82) is 0 Å². The van der Waals surface area contributed by atoms with E-state index in [2.05, 4.69) is 35.8 Å². The Morgan fingerprint density at radius 1 is 1.11 bits per heavy atom. The number of rotatable bonds is 3. The summed E-state index contributed by atoms with van der Waals surface area (Å²) < 4.78 is 6.77. The first kappa shape index (κ1) is 13.0. The average Bonchev–Trinajstić information content (AvgIpc) is 2.36. The Balaban J connectivity index is 2.17. The van der Waals surface area contributed by atoms with Crippen molar-refractivity contribution < 1.29 is 4.74 Å². The van der Waals surface area contributed by atoms with Crippen molar-refractivity contribution in [2.75, 3.05) is 5.73 Å². The fourth-order valence-corrected chi connectivity index (χ4v) is 2.13. The summed E-state index contributed by atoms with van der Waals surface area (Å²) in [7, 11) is 0. The van der Waals surface area contributed by atoms with Crippen LogP contribution in [0.3, 0.4) is 0 Å². The van der Waals surface area contributed by atoms with Crippen LogP contribution in [0.5, 0.6) is 5.75 Å². The molecule has 3 heteroatoms. The minimum Gasteiger partial charge on any atom is -0.489 e. The quantitative estimate of drug-likeness (QED) is 0.861. The first-order chi connectivity index (χ1) is 8.59. The predicted octanol–water partition coefficient (Wildman–Crippen LogP) is 4.23. The van der Waals surface area contributed by atoms with E-state index >= 15 is 0 Å². The standard InChI is InChI=1S/C15H16BrNO/c1-10-5-3-8-14(11(10)2)18-9-12-6-4-7-13(17)15(12)16/h3-8H,9,17H2,1-2H3. The molecule has 2 N–H and O–H groups in total. The van der Waals surface area contributed by atoms with Gasteiger partial charge in [-0.05, 0) is 53.0 Å². The number of benzene rings is 2. The second-order valence-electron chi connectivity index (χ2n) is 4.31. The summed E-state index contributed by atoms with van der Waals surface area (Å²) in [6.45, 7) is 4.66. The molecule has 0 amide bonds. The zero-order valence-electron chi connectivity index (χ0n) is 10.5. The molecule has 18 heavy (non-hydrogen) atoms. The molecule has 2 aromatic rings. The third-order valence-corrected chi connectivity index (χ3v) is 4.01. The second-order valence-corrected chi connectivity index (χ2v) is 5.10. The summed E-state index contributed by atoms with van der Waals surface area (Å²) in [6, 6.07) is 11.9. The van der Waals surface area contributed by atoms with E-state index < -0.39 is 0 Å². The lowest BCUT2D eigenvalue weighted by Gasteiger charge is -2.12. The van der Waals surface area contributed by atoms with E-state index in [1.54, 1.807) is 0 Å². The van der Waals surface area contributed by atoms with E-state index in [1.165, 1.54) is 11.1 Å². The molecule has 2 nitrogen and oxygen atoms in total. The Bertz CT molecular complexity index is 515. The molecule has 0 aliphatic heterocycles. The number of anilines is 1. The van der Waals surface area contributed by atoms with Crippen LogP contribution in [0.4, 0.5) is 5.69 Å². The SMILES string of the molecule is Cc1cccc(OCc2cccc(N)c2Br)c1C. The molecule has 2 rings (SSSR count). The molecule has 0 aliphatic carbocycles. The highest BCUT2D eigenvalue weighted by Gasteiger charge is 2.06. The topological polar surface area (TPSA) is 35.2 Å². The molecule has 0 heterocycles. The lowest BCUT2D eigenvalue weighted by Crippen LogP contribution is -2.00. The fraction of sp³-hybridized carbons (Fsp3) is 0.200. The molecular formula is C15H16BrNO. The summed E-state index contributed by atoms with van der Waals surface area (Å²) in [5.74, 6) is 0.921. The van der Waals surface area contributed by atoms with Crippen LogP contribution in [0.2, 0.25) is 0 Å². The molecular weight excluding hydrogens is 290 g/mol. The monoisotopic (exact) mass is 305 g/mol. The van der Waals surface area contributed by atoms with Gasteiger partial charge in [-0.15, -0.1) is 0 Å². The van der Waals surface area contributed by atoms with Crippen LogP contribution in [0, 0.1) is 13.8 Å². The van der Waals surface area contributed by atoms with Gasteiger partial charge in [-0.2, -0.15) is 0 Å². The molecule has 0 aromatic heterocycles. The smallest absolute Gasteiger partial charge is 0.122 e. The minimum absolute atomic E-state index is 0.510. The fourth-order valence-electron chi connectivity index (χ4n) is 1.75. The molecule has 2 aromatic carbocycles. The van der Waals surface area contributed by atoms with Crippen molar-refractivity contribution in [3.63, 3.8) is 0 Å². The van der Waals surface area contributed by atoms with Gasteiger partial charge in [-0.25, -0.2) is 0 Å². The molecule has 0 radical (unpaired) electrons. The lowest BCUT2D eigenvalue weighted by atomic mass is 10.1. The molecule has 0 unspecified atom stereocenters. The molecule has 0 bridgehead atoms. The van der Waals surface area contributed by atoms with Crippen molar-refractivity contribution in [3.8, 4) is 5.75 Å². The average molecular weight is 306 g/mol.